The van der Waals surface area contributed by atoms with Gasteiger partial charge in [0.2, 0.25) is 0 Å². The first-order chi connectivity index (χ1) is 8.54. The SMILES string of the molecule is CCOC(CC)c1nc(C)c(C(=O)OC)c(N)n1. The highest BCUT2D eigenvalue weighted by Gasteiger charge is 2.20. The molecule has 100 valence electrons. The van der Waals surface area contributed by atoms with Crippen molar-refractivity contribution in [2.45, 2.75) is 33.3 Å². The number of anilines is 1. The minimum Gasteiger partial charge on any atom is -0.465 e. The third-order valence-electron chi connectivity index (χ3n) is 2.55. The highest BCUT2D eigenvalue weighted by atomic mass is 16.5. The van der Waals surface area contributed by atoms with Crippen LogP contribution in [0.25, 0.3) is 0 Å². The fourth-order valence-corrected chi connectivity index (χ4v) is 1.69. The number of nitrogens with zero attached hydrogens (tertiary/aromatic N) is 2. The summed E-state index contributed by atoms with van der Waals surface area (Å²) in [6.45, 7) is 6.15. The Morgan fingerprint density at radius 2 is 2.06 bits per heavy atom. The maximum atomic E-state index is 11.5. The van der Waals surface area contributed by atoms with Crippen molar-refractivity contribution in [2.75, 3.05) is 19.5 Å². The molecule has 6 nitrogen and oxygen atoms in total. The number of aromatic nitrogens is 2. The predicted octanol–water partition coefficient (Wildman–Crippen LogP) is 1.64. The van der Waals surface area contributed by atoms with Crippen molar-refractivity contribution in [1.29, 1.82) is 0 Å². The van der Waals surface area contributed by atoms with Gasteiger partial charge >= 0.3 is 5.97 Å². The molecule has 0 fully saturated rings. The van der Waals surface area contributed by atoms with Crippen molar-refractivity contribution in [1.82, 2.24) is 9.97 Å². The number of hydrogen-bond donors (Lipinski definition) is 1. The van der Waals surface area contributed by atoms with Crippen molar-refractivity contribution in [3.05, 3.63) is 17.1 Å². The summed E-state index contributed by atoms with van der Waals surface area (Å²) >= 11 is 0. The van der Waals surface area contributed by atoms with Gasteiger partial charge < -0.3 is 15.2 Å². The van der Waals surface area contributed by atoms with E-state index in [1.165, 1.54) is 7.11 Å². The van der Waals surface area contributed by atoms with Crippen LogP contribution in [0.3, 0.4) is 0 Å². The van der Waals surface area contributed by atoms with Crippen LogP contribution < -0.4 is 5.73 Å². The Hall–Kier alpha value is -1.69. The van der Waals surface area contributed by atoms with Crippen LogP contribution in [0, 0.1) is 6.92 Å². The smallest absolute Gasteiger partial charge is 0.343 e. The predicted molar refractivity (Wildman–Crippen MR) is 67.2 cm³/mol. The number of aryl methyl sites for hydroxylation is 1. The van der Waals surface area contributed by atoms with E-state index in [0.29, 0.717) is 18.1 Å². The number of hydrogen-bond acceptors (Lipinski definition) is 6. The number of methoxy groups -OCH3 is 1. The number of nitrogens with two attached hydrogens (primary N) is 1. The molecule has 0 amide bonds. The second kappa shape index (κ2) is 6.30. The molecule has 0 aromatic carbocycles. The molecule has 6 heteroatoms. The molecule has 0 aliphatic carbocycles. The molecule has 0 aliphatic rings. The van der Waals surface area contributed by atoms with Crippen LogP contribution in [0.15, 0.2) is 0 Å². The molecule has 0 radical (unpaired) electrons. The van der Waals surface area contributed by atoms with Crippen LogP contribution >= 0.6 is 0 Å². The van der Waals surface area contributed by atoms with Gasteiger partial charge in [0.05, 0.1) is 12.8 Å². The van der Waals surface area contributed by atoms with E-state index in [4.69, 9.17) is 10.5 Å². The summed E-state index contributed by atoms with van der Waals surface area (Å²) in [5, 5.41) is 0. The molecule has 0 aliphatic heterocycles. The normalized spacial score (nSPS) is 12.2. The third kappa shape index (κ3) is 2.95. The zero-order valence-corrected chi connectivity index (χ0v) is 11.2. The molecule has 2 N–H and O–H groups in total. The summed E-state index contributed by atoms with van der Waals surface area (Å²) in [5.74, 6) is 0.102. The fourth-order valence-electron chi connectivity index (χ4n) is 1.69. The Kier molecular flexibility index (Phi) is 5.03. The number of carbonyl (C=O) groups excluding carboxylic acids is 1. The molecule has 1 unspecified atom stereocenters. The number of rotatable bonds is 5. The van der Waals surface area contributed by atoms with Crippen LogP contribution in [0.5, 0.6) is 0 Å². The number of esters is 1. The van der Waals surface area contributed by atoms with Gasteiger partial charge in [-0.1, -0.05) is 6.92 Å². The largest absolute Gasteiger partial charge is 0.465 e. The molecule has 1 rings (SSSR count). The van der Waals surface area contributed by atoms with Gasteiger partial charge in [0.25, 0.3) is 0 Å². The molecule has 1 heterocycles. The summed E-state index contributed by atoms with van der Waals surface area (Å²) in [7, 11) is 1.30. The molecule has 1 atom stereocenters. The van der Waals surface area contributed by atoms with Gasteiger partial charge in [-0.3, -0.25) is 0 Å². The summed E-state index contributed by atoms with van der Waals surface area (Å²) in [6, 6.07) is 0. The lowest BCUT2D eigenvalue weighted by atomic mass is 10.2. The molecule has 18 heavy (non-hydrogen) atoms. The van der Waals surface area contributed by atoms with E-state index in [0.717, 1.165) is 6.42 Å². The van der Waals surface area contributed by atoms with Crippen LogP contribution in [0.2, 0.25) is 0 Å². The van der Waals surface area contributed by atoms with Crippen molar-refractivity contribution in [2.24, 2.45) is 0 Å². The van der Waals surface area contributed by atoms with E-state index >= 15 is 0 Å². The summed E-state index contributed by atoms with van der Waals surface area (Å²) in [4.78, 5) is 19.9. The van der Waals surface area contributed by atoms with Crippen LogP contribution in [-0.4, -0.2) is 29.7 Å². The van der Waals surface area contributed by atoms with E-state index in [1.807, 2.05) is 13.8 Å². The zero-order valence-electron chi connectivity index (χ0n) is 11.2. The summed E-state index contributed by atoms with van der Waals surface area (Å²) in [5.41, 5.74) is 6.50. The zero-order chi connectivity index (χ0) is 13.7. The maximum absolute atomic E-state index is 11.5. The summed E-state index contributed by atoms with van der Waals surface area (Å²) < 4.78 is 10.2. The standard InChI is InChI=1S/C12H19N3O3/c1-5-8(18-6-2)11-14-7(3)9(10(13)15-11)12(16)17-4/h8H,5-6H2,1-4H3,(H2,13,14,15). The first-order valence-electron chi connectivity index (χ1n) is 5.89. The van der Waals surface area contributed by atoms with E-state index in [2.05, 4.69) is 14.7 Å². The molecule has 0 saturated carbocycles. The first kappa shape index (κ1) is 14.4. The Labute approximate surface area is 107 Å². The van der Waals surface area contributed by atoms with Gasteiger partial charge in [-0.2, -0.15) is 0 Å². The topological polar surface area (TPSA) is 87.3 Å². The minimum absolute atomic E-state index is 0.127. The van der Waals surface area contributed by atoms with E-state index in [-0.39, 0.29) is 17.5 Å². The van der Waals surface area contributed by atoms with Crippen molar-refractivity contribution < 1.29 is 14.3 Å². The van der Waals surface area contributed by atoms with Crippen LogP contribution in [-0.2, 0) is 9.47 Å². The Morgan fingerprint density at radius 3 is 2.50 bits per heavy atom. The Balaban J connectivity index is 3.16. The van der Waals surface area contributed by atoms with E-state index < -0.39 is 5.97 Å². The number of ether oxygens (including phenoxy) is 2. The Bertz CT molecular complexity index is 412. The van der Waals surface area contributed by atoms with Gasteiger partial charge in [0.1, 0.15) is 17.5 Å². The minimum atomic E-state index is -0.527. The first-order valence-corrected chi connectivity index (χ1v) is 5.89. The van der Waals surface area contributed by atoms with Gasteiger partial charge in [0.15, 0.2) is 5.82 Å². The lowest BCUT2D eigenvalue weighted by molar-refractivity contribution is 0.0528. The van der Waals surface area contributed by atoms with Crippen molar-refractivity contribution in [3.63, 3.8) is 0 Å². The summed E-state index contributed by atoms with van der Waals surface area (Å²) in [6.07, 6.45) is 0.535. The second-order valence-electron chi connectivity index (χ2n) is 3.77. The van der Waals surface area contributed by atoms with Crippen LogP contribution in [0.1, 0.15) is 48.2 Å². The highest BCUT2D eigenvalue weighted by Crippen LogP contribution is 2.21. The average Bonchev–Trinajstić information content (AvgIpc) is 2.34. The van der Waals surface area contributed by atoms with Gasteiger partial charge in [-0.05, 0) is 20.3 Å². The molecule has 0 saturated heterocycles. The molecular weight excluding hydrogens is 234 g/mol. The molecule has 0 spiro atoms. The van der Waals surface area contributed by atoms with E-state index in [1.54, 1.807) is 6.92 Å². The quantitative estimate of drug-likeness (QED) is 0.803. The van der Waals surface area contributed by atoms with Crippen molar-refractivity contribution in [3.8, 4) is 0 Å². The maximum Gasteiger partial charge on any atom is 0.343 e. The average molecular weight is 253 g/mol. The van der Waals surface area contributed by atoms with Crippen molar-refractivity contribution >= 4 is 11.8 Å². The molecular formula is C12H19N3O3. The molecule has 0 bridgehead atoms. The van der Waals surface area contributed by atoms with Gasteiger partial charge in [0, 0.05) is 6.61 Å². The monoisotopic (exact) mass is 253 g/mol. The molecule has 1 aromatic rings. The van der Waals surface area contributed by atoms with Crippen LogP contribution in [0.4, 0.5) is 5.82 Å². The number of carbonyl (C=O) groups is 1. The lowest BCUT2D eigenvalue weighted by Gasteiger charge is -2.15. The van der Waals surface area contributed by atoms with Gasteiger partial charge in [-0.15, -0.1) is 0 Å². The third-order valence-corrected chi connectivity index (χ3v) is 2.55. The number of nitrogen functional groups attached to an aromatic ring is 1. The second-order valence-corrected chi connectivity index (χ2v) is 3.77. The fraction of sp³-hybridized carbons (Fsp3) is 0.583. The molecule has 1 aromatic heterocycles. The highest BCUT2D eigenvalue weighted by molar-refractivity contribution is 5.95. The lowest BCUT2D eigenvalue weighted by Crippen LogP contribution is -2.16. The van der Waals surface area contributed by atoms with Gasteiger partial charge in [-0.25, -0.2) is 14.8 Å². The Morgan fingerprint density at radius 1 is 1.39 bits per heavy atom. The van der Waals surface area contributed by atoms with E-state index in [9.17, 15) is 4.79 Å².